The zero-order valence-corrected chi connectivity index (χ0v) is 76.7. The van der Waals surface area contributed by atoms with Crippen LogP contribution in [0, 0.1) is 17.8 Å². The average Bonchev–Trinajstić information content (AvgIpc) is 0.900. The lowest BCUT2D eigenvalue weighted by Crippen LogP contribution is -2.30. The van der Waals surface area contributed by atoms with E-state index in [2.05, 4.69) is 48.5 Å². The van der Waals surface area contributed by atoms with Gasteiger partial charge in [-0.15, -0.1) is 0 Å². The summed E-state index contributed by atoms with van der Waals surface area (Å²) in [4.78, 5) is 73.5. The predicted octanol–water partition coefficient (Wildman–Crippen LogP) is 29.2. The summed E-state index contributed by atoms with van der Waals surface area (Å²) in [6.45, 7) is 12.2. The third-order valence-electron chi connectivity index (χ3n) is 22.9. The molecule has 0 bridgehead atoms. The van der Waals surface area contributed by atoms with Gasteiger partial charge in [-0.05, 0) is 43.4 Å². The van der Waals surface area contributed by atoms with E-state index in [1.54, 1.807) is 0 Å². The van der Waals surface area contributed by atoms with Gasteiger partial charge in [0.1, 0.15) is 19.3 Å². The number of carbonyl (C=O) groups excluding carboxylic acids is 4. The van der Waals surface area contributed by atoms with Crippen LogP contribution in [0.4, 0.5) is 0 Å². The second-order valence-electron chi connectivity index (χ2n) is 34.7. The van der Waals surface area contributed by atoms with Crippen molar-refractivity contribution in [2.45, 2.75) is 523 Å². The molecule has 0 aliphatic carbocycles. The lowest BCUT2D eigenvalue weighted by molar-refractivity contribution is -0.161. The predicted molar refractivity (Wildman–Crippen MR) is 469 cm³/mol. The van der Waals surface area contributed by atoms with Crippen molar-refractivity contribution >= 4 is 39.5 Å². The second-order valence-corrected chi connectivity index (χ2v) is 37.6. The third kappa shape index (κ3) is 84.9. The van der Waals surface area contributed by atoms with E-state index in [0.29, 0.717) is 25.7 Å². The van der Waals surface area contributed by atoms with Gasteiger partial charge >= 0.3 is 39.5 Å². The molecule has 0 aromatic heterocycles. The van der Waals surface area contributed by atoms with Gasteiger partial charge in [-0.2, -0.15) is 0 Å². The molecule has 672 valence electrons. The van der Waals surface area contributed by atoms with E-state index in [-0.39, 0.29) is 25.7 Å². The van der Waals surface area contributed by atoms with Crippen molar-refractivity contribution in [2.24, 2.45) is 17.8 Å². The lowest BCUT2D eigenvalue weighted by Gasteiger charge is -2.21. The number of aliphatic hydroxyl groups is 1. The summed E-state index contributed by atoms with van der Waals surface area (Å²) in [6, 6.07) is 0. The zero-order valence-electron chi connectivity index (χ0n) is 74.9. The Morgan fingerprint density at radius 1 is 0.257 bits per heavy atom. The number of hydrogen-bond acceptors (Lipinski definition) is 15. The van der Waals surface area contributed by atoms with Crippen molar-refractivity contribution < 1.29 is 80.2 Å². The van der Waals surface area contributed by atoms with Crippen LogP contribution in [-0.2, 0) is 65.4 Å². The highest BCUT2D eigenvalue weighted by Gasteiger charge is 2.31. The fourth-order valence-corrected chi connectivity index (χ4v) is 16.3. The minimum absolute atomic E-state index is 0.108. The Bertz CT molecular complexity index is 2170. The van der Waals surface area contributed by atoms with Crippen molar-refractivity contribution in [2.75, 3.05) is 39.6 Å². The number of rotatable bonds is 92. The molecule has 4 unspecified atom stereocenters. The highest BCUT2D eigenvalue weighted by molar-refractivity contribution is 7.47. The zero-order chi connectivity index (χ0) is 82.9. The van der Waals surface area contributed by atoms with Crippen molar-refractivity contribution in [1.82, 2.24) is 0 Å². The van der Waals surface area contributed by atoms with Gasteiger partial charge in [-0.3, -0.25) is 37.3 Å². The molecule has 0 heterocycles. The first kappa shape index (κ1) is 111. The maximum absolute atomic E-state index is 13.2. The van der Waals surface area contributed by atoms with Gasteiger partial charge in [0, 0.05) is 25.7 Å². The Balaban J connectivity index is 5.25. The molecule has 0 radical (unpaired) electrons. The maximum atomic E-state index is 13.2. The molecule has 0 saturated carbocycles. The van der Waals surface area contributed by atoms with Gasteiger partial charge in [0.15, 0.2) is 12.2 Å². The summed E-state index contributed by atoms with van der Waals surface area (Å²) < 4.78 is 69.2. The van der Waals surface area contributed by atoms with Gasteiger partial charge in [0.25, 0.3) is 0 Å². The van der Waals surface area contributed by atoms with Crippen LogP contribution >= 0.6 is 15.6 Å². The molecule has 0 fully saturated rings. The minimum Gasteiger partial charge on any atom is -0.462 e. The smallest absolute Gasteiger partial charge is 0.462 e. The highest BCUT2D eigenvalue weighted by Crippen LogP contribution is 2.45. The Labute approximate surface area is 696 Å². The van der Waals surface area contributed by atoms with Crippen LogP contribution in [0.2, 0.25) is 0 Å². The van der Waals surface area contributed by atoms with E-state index in [1.165, 1.54) is 315 Å². The summed E-state index contributed by atoms with van der Waals surface area (Å²) in [5.41, 5.74) is 0. The molecule has 0 aromatic rings. The van der Waals surface area contributed by atoms with Crippen LogP contribution in [-0.4, -0.2) is 96.7 Å². The van der Waals surface area contributed by atoms with Gasteiger partial charge in [-0.1, -0.05) is 453 Å². The van der Waals surface area contributed by atoms with Gasteiger partial charge in [0.2, 0.25) is 0 Å². The molecule has 17 nitrogen and oxygen atoms in total. The van der Waals surface area contributed by atoms with Crippen LogP contribution in [0.1, 0.15) is 504 Å². The van der Waals surface area contributed by atoms with Crippen LogP contribution in [0.25, 0.3) is 0 Å². The molecule has 19 heteroatoms. The molecule has 3 N–H and O–H groups in total. The summed E-state index contributed by atoms with van der Waals surface area (Å²) in [7, 11) is -9.94. The summed E-state index contributed by atoms with van der Waals surface area (Å²) in [6.07, 6.45) is 77.7. The molecule has 0 amide bonds. The molecule has 7 atom stereocenters. The van der Waals surface area contributed by atoms with Crippen LogP contribution in [0.15, 0.2) is 0 Å². The van der Waals surface area contributed by atoms with E-state index in [1.807, 2.05) is 0 Å². The monoisotopic (exact) mass is 1650 g/mol. The Kier molecular flexibility index (Phi) is 82.3. The van der Waals surface area contributed by atoms with Gasteiger partial charge in [0.05, 0.1) is 26.4 Å². The normalized spacial score (nSPS) is 14.2. The minimum atomic E-state index is -4.97. The number of phosphoric ester groups is 2. The Morgan fingerprint density at radius 3 is 0.673 bits per heavy atom. The molecule has 0 spiro atoms. The molecule has 0 aliphatic rings. The maximum Gasteiger partial charge on any atom is 0.472 e. The Hall–Kier alpha value is -1.94. The lowest BCUT2D eigenvalue weighted by atomic mass is 9.99. The van der Waals surface area contributed by atoms with Crippen LogP contribution in [0.5, 0.6) is 0 Å². The van der Waals surface area contributed by atoms with E-state index < -0.39 is 97.5 Å². The molecule has 0 aromatic carbocycles. The number of phosphoric acid groups is 2. The second kappa shape index (κ2) is 83.7. The molecule has 0 saturated heterocycles. The number of esters is 4. The molecule has 0 rings (SSSR count). The topological polar surface area (TPSA) is 237 Å². The summed E-state index contributed by atoms with van der Waals surface area (Å²) >= 11 is 0. The fourth-order valence-electron chi connectivity index (χ4n) is 14.7. The standard InChI is InChI=1S/C94H184O17P2/c1-8-11-12-13-14-15-16-40-47-54-61-68-75-91(96)104-81-89(110-94(99)78-71-64-57-50-43-36-30-29-33-39-46-53-60-67-74-87(7)10-3)83-108-112(100,101)106-79-88(95)80-107-113(102,103)109-84-90(82-105-92(97)76-69-62-55-48-41-34-27-23-19-17-21-25-31-37-44-51-58-65-72-85(4)5)111-93(98)77-70-63-56-49-42-35-28-24-20-18-22-26-32-38-45-52-59-66-73-86(6)9-2/h85-90,95H,8-84H2,1-7H3,(H,100,101)(H,102,103)/t86?,87?,88-,89+,90+/m0/s1. The fraction of sp³-hybridized carbons (Fsp3) is 0.957. The van der Waals surface area contributed by atoms with Crippen molar-refractivity contribution in [1.29, 1.82) is 0 Å². The van der Waals surface area contributed by atoms with Gasteiger partial charge < -0.3 is 33.8 Å². The molecular weight excluding hydrogens is 1460 g/mol. The Morgan fingerprint density at radius 2 is 0.451 bits per heavy atom. The summed E-state index contributed by atoms with van der Waals surface area (Å²) in [5.74, 6) is 0.447. The van der Waals surface area contributed by atoms with E-state index in [4.69, 9.17) is 37.0 Å². The van der Waals surface area contributed by atoms with E-state index in [0.717, 1.165) is 108 Å². The van der Waals surface area contributed by atoms with Crippen LogP contribution < -0.4 is 0 Å². The summed E-state index contributed by atoms with van der Waals surface area (Å²) in [5, 5.41) is 10.7. The van der Waals surface area contributed by atoms with Crippen LogP contribution in [0.3, 0.4) is 0 Å². The number of ether oxygens (including phenoxy) is 4. The quantitative estimate of drug-likeness (QED) is 0.0222. The first-order valence-corrected chi connectivity index (χ1v) is 51.4. The van der Waals surface area contributed by atoms with Crippen molar-refractivity contribution in [3.8, 4) is 0 Å². The largest absolute Gasteiger partial charge is 0.472 e. The van der Waals surface area contributed by atoms with E-state index >= 15 is 0 Å². The van der Waals surface area contributed by atoms with E-state index in [9.17, 15) is 43.2 Å². The van der Waals surface area contributed by atoms with Gasteiger partial charge in [-0.25, -0.2) is 9.13 Å². The highest BCUT2D eigenvalue weighted by atomic mass is 31.2. The average molecular weight is 1650 g/mol. The first-order chi connectivity index (χ1) is 54.8. The number of aliphatic hydroxyl groups excluding tert-OH is 1. The SMILES string of the molecule is CCCCCCCCCCCCCCC(=O)OC[C@H](COP(=O)(O)OC[C@H](O)COP(=O)(O)OC[C@@H](COC(=O)CCCCCCCCCCCCCCCCCCCCC(C)C)OC(=O)CCCCCCCCCCCCCCCCCCCCC(C)CC)OC(=O)CCCCCCCCCCCCCCCCC(C)CC. The number of hydrogen-bond donors (Lipinski definition) is 3. The van der Waals surface area contributed by atoms with Crippen molar-refractivity contribution in [3.63, 3.8) is 0 Å². The molecule has 0 aliphatic heterocycles. The third-order valence-corrected chi connectivity index (χ3v) is 24.8. The number of unbranched alkanes of at least 4 members (excludes halogenated alkanes) is 58. The number of carbonyl (C=O) groups is 4. The van der Waals surface area contributed by atoms with Crippen molar-refractivity contribution in [3.05, 3.63) is 0 Å². The molecule has 113 heavy (non-hydrogen) atoms. The first-order valence-electron chi connectivity index (χ1n) is 48.4. The molecular formula is C94H184O17P2.